The Morgan fingerprint density at radius 3 is 2.14 bits per heavy atom. The molecule has 5 heteroatoms. The second kappa shape index (κ2) is 3.68. The topological polar surface area (TPSA) is 74.6 Å². The molecule has 0 heterocycles. The van der Waals surface area contributed by atoms with Gasteiger partial charge in [-0.1, -0.05) is 37.3 Å². The fraction of sp³-hybridized carbons (Fsp3) is 0.333. The summed E-state index contributed by atoms with van der Waals surface area (Å²) in [5.74, 6) is 0. The summed E-state index contributed by atoms with van der Waals surface area (Å²) in [7, 11) is -4.51. The highest BCUT2D eigenvalue weighted by Crippen LogP contribution is 2.29. The third-order valence-electron chi connectivity index (χ3n) is 2.13. The highest BCUT2D eigenvalue weighted by atomic mass is 32.2. The van der Waals surface area contributed by atoms with Crippen LogP contribution < -0.4 is 0 Å². The first-order valence-electron chi connectivity index (χ1n) is 4.16. The number of hydrogen-bond acceptors (Lipinski definition) is 3. The summed E-state index contributed by atoms with van der Waals surface area (Å²) in [6, 6.07) is 7.81. The summed E-state index contributed by atoms with van der Waals surface area (Å²) in [6.07, 6.45) is -0.101. The van der Waals surface area contributed by atoms with Crippen LogP contribution in [0.1, 0.15) is 18.9 Å². The lowest BCUT2D eigenvalue weighted by molar-refractivity contribution is 0.108. The molecule has 0 radical (unpaired) electrons. The summed E-state index contributed by atoms with van der Waals surface area (Å²) in [5.41, 5.74) is 0.171. The zero-order valence-electron chi connectivity index (χ0n) is 7.71. The Kier molecular flexibility index (Phi) is 2.94. The van der Waals surface area contributed by atoms with E-state index in [0.717, 1.165) is 0 Å². The summed E-state index contributed by atoms with van der Waals surface area (Å²) in [6.45, 7) is 1.49. The fourth-order valence-electron chi connectivity index (χ4n) is 1.23. The molecule has 0 aliphatic carbocycles. The SMILES string of the molecule is CC[C@](O)(c1ccccc1)S(=O)(=O)O. The van der Waals surface area contributed by atoms with E-state index in [4.69, 9.17) is 4.55 Å². The van der Waals surface area contributed by atoms with Crippen molar-refractivity contribution in [1.29, 1.82) is 0 Å². The molecule has 14 heavy (non-hydrogen) atoms. The number of hydrogen-bond donors (Lipinski definition) is 2. The van der Waals surface area contributed by atoms with Crippen LogP contribution in [-0.2, 0) is 15.1 Å². The van der Waals surface area contributed by atoms with Crippen LogP contribution in [0.25, 0.3) is 0 Å². The first kappa shape index (κ1) is 11.2. The van der Waals surface area contributed by atoms with Crippen LogP contribution in [0.15, 0.2) is 30.3 Å². The van der Waals surface area contributed by atoms with Gasteiger partial charge in [-0.3, -0.25) is 4.55 Å². The van der Waals surface area contributed by atoms with E-state index in [1.165, 1.54) is 19.1 Å². The molecule has 1 rings (SSSR count). The largest absolute Gasteiger partial charge is 0.369 e. The minimum absolute atomic E-state index is 0.101. The van der Waals surface area contributed by atoms with Gasteiger partial charge in [-0.2, -0.15) is 8.42 Å². The van der Waals surface area contributed by atoms with Gasteiger partial charge in [0.05, 0.1) is 0 Å². The molecule has 0 amide bonds. The third kappa shape index (κ3) is 1.79. The van der Waals surface area contributed by atoms with E-state index in [2.05, 4.69) is 0 Å². The van der Waals surface area contributed by atoms with E-state index in [-0.39, 0.29) is 12.0 Å². The van der Waals surface area contributed by atoms with Gasteiger partial charge in [-0.05, 0) is 6.42 Å². The van der Waals surface area contributed by atoms with Gasteiger partial charge in [0.1, 0.15) is 0 Å². The monoisotopic (exact) mass is 216 g/mol. The zero-order chi connectivity index (χ0) is 10.8. The Bertz CT molecular complexity index is 398. The van der Waals surface area contributed by atoms with Gasteiger partial charge in [0, 0.05) is 5.56 Å². The first-order valence-corrected chi connectivity index (χ1v) is 5.61. The molecule has 78 valence electrons. The molecule has 1 aromatic rings. The lowest BCUT2D eigenvalue weighted by Crippen LogP contribution is -2.34. The smallest absolute Gasteiger partial charge is 0.299 e. The maximum Gasteiger partial charge on any atom is 0.299 e. The number of benzene rings is 1. The van der Waals surface area contributed by atoms with Crippen LogP contribution in [0.4, 0.5) is 0 Å². The lowest BCUT2D eigenvalue weighted by atomic mass is 10.1. The quantitative estimate of drug-likeness (QED) is 0.743. The normalized spacial score (nSPS) is 16.2. The van der Waals surface area contributed by atoms with Gasteiger partial charge in [-0.15, -0.1) is 0 Å². The average molecular weight is 216 g/mol. The zero-order valence-corrected chi connectivity index (χ0v) is 8.53. The van der Waals surface area contributed by atoms with Crippen molar-refractivity contribution in [2.75, 3.05) is 0 Å². The maximum absolute atomic E-state index is 11.0. The van der Waals surface area contributed by atoms with Crippen LogP contribution in [-0.4, -0.2) is 18.1 Å². The van der Waals surface area contributed by atoms with Gasteiger partial charge in [0.2, 0.25) is 4.93 Å². The molecule has 0 spiro atoms. The van der Waals surface area contributed by atoms with Gasteiger partial charge >= 0.3 is 0 Å². The predicted molar refractivity (Wildman–Crippen MR) is 52.2 cm³/mol. The van der Waals surface area contributed by atoms with Crippen molar-refractivity contribution >= 4 is 10.1 Å². The minimum Gasteiger partial charge on any atom is -0.369 e. The third-order valence-corrected chi connectivity index (χ3v) is 3.51. The van der Waals surface area contributed by atoms with Crippen molar-refractivity contribution in [2.45, 2.75) is 18.3 Å². The molecule has 1 atom stereocenters. The van der Waals surface area contributed by atoms with Crippen molar-refractivity contribution in [2.24, 2.45) is 0 Å². The van der Waals surface area contributed by atoms with E-state index in [1.807, 2.05) is 0 Å². The van der Waals surface area contributed by atoms with E-state index in [1.54, 1.807) is 18.2 Å². The highest BCUT2D eigenvalue weighted by Gasteiger charge is 2.40. The Balaban J connectivity index is 3.30. The highest BCUT2D eigenvalue weighted by molar-refractivity contribution is 7.86. The molecule has 4 nitrogen and oxygen atoms in total. The van der Waals surface area contributed by atoms with Crippen LogP contribution in [0, 0.1) is 0 Å². The number of aliphatic hydroxyl groups is 1. The molecule has 0 saturated heterocycles. The van der Waals surface area contributed by atoms with Crippen LogP contribution in [0.3, 0.4) is 0 Å². The van der Waals surface area contributed by atoms with Crippen molar-refractivity contribution in [1.82, 2.24) is 0 Å². The molecular formula is C9H12O4S. The van der Waals surface area contributed by atoms with E-state index < -0.39 is 15.1 Å². The second-order valence-electron chi connectivity index (χ2n) is 2.98. The van der Waals surface area contributed by atoms with Crippen molar-refractivity contribution in [3.8, 4) is 0 Å². The van der Waals surface area contributed by atoms with Crippen molar-refractivity contribution in [3.05, 3.63) is 35.9 Å². The molecule has 1 aromatic carbocycles. The summed E-state index contributed by atoms with van der Waals surface area (Å²) >= 11 is 0. The Hall–Kier alpha value is -0.910. The second-order valence-corrected chi connectivity index (χ2v) is 4.60. The molecule has 0 aliphatic heterocycles. The van der Waals surface area contributed by atoms with Gasteiger partial charge < -0.3 is 5.11 Å². The standard InChI is InChI=1S/C9H12O4S/c1-2-9(10,14(11,12)13)8-6-4-3-5-7-8/h3-7,10H,2H2,1H3,(H,11,12,13)/t9-/m1/s1. The van der Waals surface area contributed by atoms with E-state index in [9.17, 15) is 13.5 Å². The Morgan fingerprint density at radius 2 is 1.79 bits per heavy atom. The molecule has 0 unspecified atom stereocenters. The fourth-order valence-corrected chi connectivity index (χ4v) is 2.03. The Labute approximate surface area is 82.9 Å². The molecular weight excluding hydrogens is 204 g/mol. The molecule has 0 bridgehead atoms. The minimum atomic E-state index is -4.51. The molecule has 2 N–H and O–H groups in total. The molecule has 0 aliphatic rings. The predicted octanol–water partition coefficient (Wildman–Crippen LogP) is 1.13. The average Bonchev–Trinajstić information content (AvgIpc) is 2.16. The van der Waals surface area contributed by atoms with Crippen molar-refractivity contribution < 1.29 is 18.1 Å². The van der Waals surface area contributed by atoms with Crippen LogP contribution in [0.2, 0.25) is 0 Å². The molecule has 0 fully saturated rings. The van der Waals surface area contributed by atoms with Crippen LogP contribution >= 0.6 is 0 Å². The summed E-state index contributed by atoms with van der Waals surface area (Å²) in [5, 5.41) is 9.79. The molecule has 0 saturated carbocycles. The lowest BCUT2D eigenvalue weighted by Gasteiger charge is -2.23. The van der Waals surface area contributed by atoms with E-state index in [0.29, 0.717) is 0 Å². The van der Waals surface area contributed by atoms with Gasteiger partial charge in [0.15, 0.2) is 0 Å². The van der Waals surface area contributed by atoms with Crippen molar-refractivity contribution in [3.63, 3.8) is 0 Å². The van der Waals surface area contributed by atoms with Gasteiger partial charge in [-0.25, -0.2) is 0 Å². The number of rotatable bonds is 3. The first-order chi connectivity index (χ1) is 6.42. The molecule has 0 aromatic heterocycles. The van der Waals surface area contributed by atoms with E-state index >= 15 is 0 Å². The summed E-state index contributed by atoms with van der Waals surface area (Å²) < 4.78 is 30.9. The Morgan fingerprint density at radius 1 is 1.29 bits per heavy atom. The van der Waals surface area contributed by atoms with Crippen LogP contribution in [0.5, 0.6) is 0 Å². The summed E-state index contributed by atoms with van der Waals surface area (Å²) in [4.78, 5) is -2.20. The maximum atomic E-state index is 11.0. The van der Waals surface area contributed by atoms with Gasteiger partial charge in [0.25, 0.3) is 10.1 Å².